The molecule has 0 saturated carbocycles. The Balaban J connectivity index is 2.06. The first-order valence-corrected chi connectivity index (χ1v) is 5.71. The lowest BCUT2D eigenvalue weighted by Crippen LogP contribution is -2.11. The Labute approximate surface area is 113 Å². The third-order valence-corrected chi connectivity index (χ3v) is 2.50. The van der Waals surface area contributed by atoms with E-state index < -0.39 is 17.8 Å². The number of hydrogen-bond donors (Lipinski definition) is 0. The molecule has 0 unspecified atom stereocenters. The van der Waals surface area contributed by atoms with Crippen LogP contribution in [0.3, 0.4) is 0 Å². The van der Waals surface area contributed by atoms with Crippen molar-refractivity contribution < 1.29 is 22.7 Å². The zero-order chi connectivity index (χ0) is 14.6. The summed E-state index contributed by atoms with van der Waals surface area (Å²) in [7, 11) is 0. The Bertz CT molecular complexity index is 597. The fourth-order valence-electron chi connectivity index (χ4n) is 1.52. The van der Waals surface area contributed by atoms with Gasteiger partial charge in [0.05, 0.1) is 5.56 Å². The van der Waals surface area contributed by atoms with Gasteiger partial charge in [-0.05, 0) is 17.7 Å². The fourth-order valence-corrected chi connectivity index (χ4v) is 1.52. The average Bonchev–Trinajstić information content (AvgIpc) is 2.45. The maximum atomic E-state index is 12.5. The fraction of sp³-hybridized carbons (Fsp3) is 0.143. The SMILES string of the molecule is O=C(OCc1ccccc1)c1ccnc(C(F)(F)F)c1. The molecule has 0 saturated heterocycles. The molecule has 2 aromatic rings. The quantitative estimate of drug-likeness (QED) is 0.809. The molecule has 0 spiro atoms. The molecule has 1 heterocycles. The van der Waals surface area contributed by atoms with E-state index in [1.807, 2.05) is 6.07 Å². The molecule has 0 fully saturated rings. The van der Waals surface area contributed by atoms with Gasteiger partial charge in [0.1, 0.15) is 12.3 Å². The Morgan fingerprint density at radius 1 is 1.15 bits per heavy atom. The van der Waals surface area contributed by atoms with Gasteiger partial charge in [-0.1, -0.05) is 30.3 Å². The zero-order valence-corrected chi connectivity index (χ0v) is 10.2. The minimum atomic E-state index is -4.59. The molecule has 1 aromatic heterocycles. The van der Waals surface area contributed by atoms with Gasteiger partial charge < -0.3 is 4.74 Å². The second-order valence-electron chi connectivity index (χ2n) is 3.99. The van der Waals surface area contributed by atoms with Crippen LogP contribution in [0.2, 0.25) is 0 Å². The van der Waals surface area contributed by atoms with Gasteiger partial charge in [-0.25, -0.2) is 4.79 Å². The maximum Gasteiger partial charge on any atom is 0.433 e. The van der Waals surface area contributed by atoms with Crippen molar-refractivity contribution in [3.8, 4) is 0 Å². The van der Waals surface area contributed by atoms with Crippen LogP contribution < -0.4 is 0 Å². The minimum absolute atomic E-state index is 0.00332. The van der Waals surface area contributed by atoms with Crippen LogP contribution in [-0.2, 0) is 17.5 Å². The van der Waals surface area contributed by atoms with Gasteiger partial charge in [0.25, 0.3) is 0 Å². The average molecular weight is 281 g/mol. The molecular formula is C14H10F3NO2. The largest absolute Gasteiger partial charge is 0.457 e. The molecule has 0 aliphatic rings. The Morgan fingerprint density at radius 2 is 1.85 bits per heavy atom. The van der Waals surface area contributed by atoms with Crippen molar-refractivity contribution in [2.24, 2.45) is 0 Å². The van der Waals surface area contributed by atoms with Gasteiger partial charge in [0.15, 0.2) is 0 Å². The Morgan fingerprint density at radius 3 is 2.50 bits per heavy atom. The first kappa shape index (κ1) is 14.0. The summed E-state index contributed by atoms with van der Waals surface area (Å²) >= 11 is 0. The van der Waals surface area contributed by atoms with Crippen LogP contribution in [0, 0.1) is 0 Å². The molecule has 3 nitrogen and oxygen atoms in total. The van der Waals surface area contributed by atoms with Crippen molar-refractivity contribution in [2.45, 2.75) is 12.8 Å². The third-order valence-electron chi connectivity index (χ3n) is 2.50. The molecule has 1 aromatic carbocycles. The predicted octanol–water partition coefficient (Wildman–Crippen LogP) is 3.46. The van der Waals surface area contributed by atoms with Gasteiger partial charge in [-0.3, -0.25) is 4.98 Å². The van der Waals surface area contributed by atoms with Crippen molar-refractivity contribution in [1.29, 1.82) is 0 Å². The Kier molecular flexibility index (Phi) is 4.02. The van der Waals surface area contributed by atoms with E-state index in [4.69, 9.17) is 4.74 Å². The molecule has 0 atom stereocenters. The number of rotatable bonds is 3. The van der Waals surface area contributed by atoms with Crippen LogP contribution in [-0.4, -0.2) is 11.0 Å². The second kappa shape index (κ2) is 5.73. The van der Waals surface area contributed by atoms with Crippen LogP contribution in [0.25, 0.3) is 0 Å². The van der Waals surface area contributed by atoms with Crippen LogP contribution in [0.1, 0.15) is 21.6 Å². The molecule has 0 aliphatic heterocycles. The summed E-state index contributed by atoms with van der Waals surface area (Å²) in [4.78, 5) is 14.9. The zero-order valence-electron chi connectivity index (χ0n) is 10.2. The van der Waals surface area contributed by atoms with E-state index in [1.54, 1.807) is 24.3 Å². The van der Waals surface area contributed by atoms with Crippen LogP contribution in [0.4, 0.5) is 13.2 Å². The van der Waals surface area contributed by atoms with Gasteiger partial charge in [-0.2, -0.15) is 13.2 Å². The van der Waals surface area contributed by atoms with Crippen molar-refractivity contribution >= 4 is 5.97 Å². The number of aromatic nitrogens is 1. The molecule has 0 bridgehead atoms. The van der Waals surface area contributed by atoms with E-state index >= 15 is 0 Å². The third kappa shape index (κ3) is 3.57. The molecule has 20 heavy (non-hydrogen) atoms. The van der Waals surface area contributed by atoms with Gasteiger partial charge in [0, 0.05) is 6.20 Å². The van der Waals surface area contributed by atoms with Crippen LogP contribution in [0.15, 0.2) is 48.7 Å². The highest BCUT2D eigenvalue weighted by Gasteiger charge is 2.33. The van der Waals surface area contributed by atoms with E-state index in [0.717, 1.165) is 11.8 Å². The summed E-state index contributed by atoms with van der Waals surface area (Å²) in [6, 6.07) is 10.7. The minimum Gasteiger partial charge on any atom is -0.457 e. The smallest absolute Gasteiger partial charge is 0.433 e. The number of esters is 1. The van der Waals surface area contributed by atoms with E-state index in [9.17, 15) is 18.0 Å². The van der Waals surface area contributed by atoms with Crippen molar-refractivity contribution in [1.82, 2.24) is 4.98 Å². The van der Waals surface area contributed by atoms with Gasteiger partial charge in [0.2, 0.25) is 0 Å². The topological polar surface area (TPSA) is 39.2 Å². The summed E-state index contributed by atoms with van der Waals surface area (Å²) < 4.78 is 42.4. The number of carbonyl (C=O) groups is 1. The standard InChI is InChI=1S/C14H10F3NO2/c15-14(16,17)12-8-11(6-7-18-12)13(19)20-9-10-4-2-1-3-5-10/h1-8H,9H2. The summed E-state index contributed by atoms with van der Waals surface area (Å²) in [6.45, 7) is 0.00332. The van der Waals surface area contributed by atoms with E-state index in [1.165, 1.54) is 6.07 Å². The highest BCUT2D eigenvalue weighted by atomic mass is 19.4. The second-order valence-corrected chi connectivity index (χ2v) is 3.99. The summed E-state index contributed by atoms with van der Waals surface area (Å²) in [5.41, 5.74) is -0.541. The maximum absolute atomic E-state index is 12.5. The van der Waals surface area contributed by atoms with Crippen LogP contribution >= 0.6 is 0 Å². The number of ether oxygens (including phenoxy) is 1. The highest BCUT2D eigenvalue weighted by Crippen LogP contribution is 2.27. The van der Waals surface area contributed by atoms with Crippen molar-refractivity contribution in [3.05, 3.63) is 65.5 Å². The predicted molar refractivity (Wildman–Crippen MR) is 64.8 cm³/mol. The molecule has 104 valence electrons. The molecule has 0 amide bonds. The molecule has 6 heteroatoms. The summed E-state index contributed by atoms with van der Waals surface area (Å²) in [6.07, 6.45) is -3.66. The highest BCUT2D eigenvalue weighted by molar-refractivity contribution is 5.89. The van der Waals surface area contributed by atoms with Crippen LogP contribution in [0.5, 0.6) is 0 Å². The first-order valence-electron chi connectivity index (χ1n) is 5.71. The molecule has 0 N–H and O–H groups in total. The summed E-state index contributed by atoms with van der Waals surface area (Å²) in [5, 5.41) is 0. The van der Waals surface area contributed by atoms with E-state index in [-0.39, 0.29) is 12.2 Å². The van der Waals surface area contributed by atoms with Crippen molar-refractivity contribution in [3.63, 3.8) is 0 Å². The Hall–Kier alpha value is -2.37. The number of hydrogen-bond acceptors (Lipinski definition) is 3. The van der Waals surface area contributed by atoms with Crippen molar-refractivity contribution in [2.75, 3.05) is 0 Å². The number of nitrogens with zero attached hydrogens (tertiary/aromatic N) is 1. The lowest BCUT2D eigenvalue weighted by molar-refractivity contribution is -0.141. The first-order chi connectivity index (χ1) is 9.47. The monoisotopic (exact) mass is 281 g/mol. The van der Waals surface area contributed by atoms with E-state index in [0.29, 0.717) is 6.07 Å². The summed E-state index contributed by atoms with van der Waals surface area (Å²) in [5.74, 6) is -0.818. The number of halogens is 3. The number of benzene rings is 1. The number of carbonyl (C=O) groups excluding carboxylic acids is 1. The molecule has 2 rings (SSSR count). The lowest BCUT2D eigenvalue weighted by atomic mass is 10.2. The van der Waals surface area contributed by atoms with Gasteiger partial charge in [-0.15, -0.1) is 0 Å². The molecule has 0 radical (unpaired) electrons. The molecule has 0 aliphatic carbocycles. The number of alkyl halides is 3. The van der Waals surface area contributed by atoms with Gasteiger partial charge >= 0.3 is 12.1 Å². The van der Waals surface area contributed by atoms with E-state index in [2.05, 4.69) is 4.98 Å². The molecular weight excluding hydrogens is 271 g/mol. The normalized spacial score (nSPS) is 11.2. The lowest BCUT2D eigenvalue weighted by Gasteiger charge is -2.08. The number of pyridine rings is 1.